The van der Waals surface area contributed by atoms with Gasteiger partial charge in [0.2, 0.25) is 0 Å². The van der Waals surface area contributed by atoms with E-state index >= 15 is 0 Å². The second-order valence-electron chi connectivity index (χ2n) is 6.41. The molecule has 2 N–H and O–H groups in total. The van der Waals surface area contributed by atoms with Gasteiger partial charge in [-0.25, -0.2) is 4.98 Å². The number of benzene rings is 1. The predicted octanol–water partition coefficient (Wildman–Crippen LogP) is 2.16. The molecule has 0 unspecified atom stereocenters. The fourth-order valence-corrected chi connectivity index (χ4v) is 3.16. The van der Waals surface area contributed by atoms with Crippen molar-refractivity contribution in [3.05, 3.63) is 47.0 Å². The first kappa shape index (κ1) is 18.1. The molecule has 0 saturated heterocycles. The summed E-state index contributed by atoms with van der Waals surface area (Å²) in [6, 6.07) is 7.60. The molecule has 2 heterocycles. The topological polar surface area (TPSA) is 85.2 Å². The van der Waals surface area contributed by atoms with E-state index in [1.54, 1.807) is 7.11 Å². The number of carbonyl (C=O) groups excluding carboxylic acids is 2. The fourth-order valence-electron chi connectivity index (χ4n) is 3.16. The lowest BCUT2D eigenvalue weighted by Gasteiger charge is -2.17. The minimum absolute atomic E-state index is 0.278. The standard InChI is InChI=1S/C19H24N4O3/c1-13-6-5-7-14(12-13)21-18(24)16-15-8-3-4-10-23(15)17(22-16)19(25)20-9-11-26-2/h5-7,12H,3-4,8-11H2,1-2H3,(H,20,25)(H,21,24). The highest BCUT2D eigenvalue weighted by molar-refractivity contribution is 6.05. The van der Waals surface area contributed by atoms with Crippen LogP contribution in [-0.2, 0) is 17.7 Å². The number of hydrogen-bond donors (Lipinski definition) is 2. The quantitative estimate of drug-likeness (QED) is 0.777. The van der Waals surface area contributed by atoms with E-state index in [0.717, 1.165) is 36.2 Å². The number of ether oxygens (including phenoxy) is 1. The van der Waals surface area contributed by atoms with Gasteiger partial charge in [0.05, 0.1) is 12.3 Å². The fraction of sp³-hybridized carbons (Fsp3) is 0.421. The molecule has 2 amide bonds. The normalized spacial score (nSPS) is 13.2. The summed E-state index contributed by atoms with van der Waals surface area (Å²) in [6.07, 6.45) is 2.71. The summed E-state index contributed by atoms with van der Waals surface area (Å²) in [7, 11) is 1.58. The van der Waals surface area contributed by atoms with Crippen molar-refractivity contribution < 1.29 is 14.3 Å². The van der Waals surface area contributed by atoms with Crippen LogP contribution >= 0.6 is 0 Å². The molecule has 1 aliphatic heterocycles. The van der Waals surface area contributed by atoms with Gasteiger partial charge in [-0.15, -0.1) is 0 Å². The number of carbonyl (C=O) groups is 2. The van der Waals surface area contributed by atoms with Gasteiger partial charge in [0.25, 0.3) is 11.8 Å². The van der Waals surface area contributed by atoms with Gasteiger partial charge in [-0.3, -0.25) is 9.59 Å². The summed E-state index contributed by atoms with van der Waals surface area (Å²) in [4.78, 5) is 29.6. The molecular weight excluding hydrogens is 332 g/mol. The molecule has 0 bridgehead atoms. The zero-order valence-electron chi connectivity index (χ0n) is 15.2. The van der Waals surface area contributed by atoms with Crippen LogP contribution in [0.1, 0.15) is 45.2 Å². The Bertz CT molecular complexity index is 813. The molecule has 0 aliphatic carbocycles. The highest BCUT2D eigenvalue weighted by atomic mass is 16.5. The van der Waals surface area contributed by atoms with Gasteiger partial charge in [-0.1, -0.05) is 12.1 Å². The van der Waals surface area contributed by atoms with E-state index < -0.39 is 0 Å². The van der Waals surface area contributed by atoms with Gasteiger partial charge in [-0.05, 0) is 43.9 Å². The van der Waals surface area contributed by atoms with E-state index in [2.05, 4.69) is 15.6 Å². The molecule has 2 aromatic rings. The first-order chi connectivity index (χ1) is 12.6. The van der Waals surface area contributed by atoms with E-state index in [0.29, 0.717) is 31.2 Å². The van der Waals surface area contributed by atoms with Gasteiger partial charge in [0, 0.05) is 25.9 Å². The Kier molecular flexibility index (Phi) is 5.68. The Labute approximate surface area is 152 Å². The summed E-state index contributed by atoms with van der Waals surface area (Å²) in [5, 5.41) is 5.67. The Morgan fingerprint density at radius 2 is 2.12 bits per heavy atom. The number of amides is 2. The number of nitrogens with one attached hydrogen (secondary N) is 2. The summed E-state index contributed by atoms with van der Waals surface area (Å²) >= 11 is 0. The van der Waals surface area contributed by atoms with Crippen LogP contribution in [0.5, 0.6) is 0 Å². The molecule has 0 radical (unpaired) electrons. The molecule has 3 rings (SSSR count). The second-order valence-corrected chi connectivity index (χ2v) is 6.41. The molecule has 0 fully saturated rings. The highest BCUT2D eigenvalue weighted by Crippen LogP contribution is 2.22. The number of rotatable bonds is 6. The maximum absolute atomic E-state index is 12.8. The van der Waals surface area contributed by atoms with Crippen LogP contribution in [0.4, 0.5) is 5.69 Å². The Hall–Kier alpha value is -2.67. The van der Waals surface area contributed by atoms with Crippen LogP contribution in [0.25, 0.3) is 0 Å². The molecule has 0 spiro atoms. The molecule has 0 saturated carbocycles. The number of anilines is 1. The largest absolute Gasteiger partial charge is 0.383 e. The van der Waals surface area contributed by atoms with E-state index in [9.17, 15) is 9.59 Å². The average Bonchev–Trinajstić information content (AvgIpc) is 3.02. The zero-order valence-corrected chi connectivity index (χ0v) is 15.2. The monoisotopic (exact) mass is 356 g/mol. The van der Waals surface area contributed by atoms with Crippen LogP contribution in [0.15, 0.2) is 24.3 Å². The van der Waals surface area contributed by atoms with Crippen LogP contribution in [0.2, 0.25) is 0 Å². The van der Waals surface area contributed by atoms with Gasteiger partial charge in [0.15, 0.2) is 11.5 Å². The van der Waals surface area contributed by atoms with Crippen LogP contribution < -0.4 is 10.6 Å². The molecule has 1 aliphatic rings. The first-order valence-electron chi connectivity index (χ1n) is 8.84. The number of fused-ring (bicyclic) bond motifs is 1. The van der Waals surface area contributed by atoms with Crippen molar-refractivity contribution in [1.29, 1.82) is 0 Å². The average molecular weight is 356 g/mol. The van der Waals surface area contributed by atoms with E-state index in [-0.39, 0.29) is 11.8 Å². The minimum atomic E-state index is -0.280. The summed E-state index contributed by atoms with van der Waals surface area (Å²) in [5.41, 5.74) is 2.95. The number of aryl methyl sites for hydroxylation is 1. The van der Waals surface area contributed by atoms with Gasteiger partial charge >= 0.3 is 0 Å². The molecule has 138 valence electrons. The molecule has 1 aromatic heterocycles. The Balaban J connectivity index is 1.84. The molecule has 1 aromatic carbocycles. The molecule has 7 nitrogen and oxygen atoms in total. The SMILES string of the molecule is COCCNC(=O)c1nc(C(=O)Nc2cccc(C)c2)c2n1CCCC2. The van der Waals surface area contributed by atoms with E-state index in [1.807, 2.05) is 35.8 Å². The molecule has 26 heavy (non-hydrogen) atoms. The molecule has 0 atom stereocenters. The van der Waals surface area contributed by atoms with Crippen molar-refractivity contribution in [3.8, 4) is 0 Å². The van der Waals surface area contributed by atoms with Crippen molar-refractivity contribution in [3.63, 3.8) is 0 Å². The smallest absolute Gasteiger partial charge is 0.287 e. The van der Waals surface area contributed by atoms with Crippen molar-refractivity contribution in [2.24, 2.45) is 0 Å². The number of imidazole rings is 1. The van der Waals surface area contributed by atoms with Crippen molar-refractivity contribution in [1.82, 2.24) is 14.9 Å². The zero-order chi connectivity index (χ0) is 18.5. The lowest BCUT2D eigenvalue weighted by molar-refractivity contribution is 0.0921. The lowest BCUT2D eigenvalue weighted by Crippen LogP contribution is -2.30. The van der Waals surface area contributed by atoms with Crippen molar-refractivity contribution in [2.75, 3.05) is 25.6 Å². The maximum atomic E-state index is 12.8. The van der Waals surface area contributed by atoms with Crippen molar-refractivity contribution >= 4 is 17.5 Å². The molecular formula is C19H24N4O3. The molecule has 7 heteroatoms. The Morgan fingerprint density at radius 1 is 1.27 bits per heavy atom. The summed E-state index contributed by atoms with van der Waals surface area (Å²) in [6.45, 7) is 3.51. The summed E-state index contributed by atoms with van der Waals surface area (Å²) < 4.78 is 6.83. The van der Waals surface area contributed by atoms with Gasteiger partial charge < -0.3 is 19.9 Å². The third-order valence-corrected chi connectivity index (χ3v) is 4.40. The van der Waals surface area contributed by atoms with Crippen molar-refractivity contribution in [2.45, 2.75) is 32.7 Å². The first-order valence-corrected chi connectivity index (χ1v) is 8.84. The predicted molar refractivity (Wildman–Crippen MR) is 98.5 cm³/mol. The number of aromatic nitrogens is 2. The maximum Gasteiger partial charge on any atom is 0.287 e. The van der Waals surface area contributed by atoms with E-state index in [1.165, 1.54) is 0 Å². The van der Waals surface area contributed by atoms with Gasteiger partial charge in [-0.2, -0.15) is 0 Å². The number of hydrogen-bond acceptors (Lipinski definition) is 4. The highest BCUT2D eigenvalue weighted by Gasteiger charge is 2.27. The Morgan fingerprint density at radius 3 is 2.88 bits per heavy atom. The number of nitrogens with zero attached hydrogens (tertiary/aromatic N) is 2. The van der Waals surface area contributed by atoms with Gasteiger partial charge in [0.1, 0.15) is 0 Å². The third kappa shape index (κ3) is 3.94. The third-order valence-electron chi connectivity index (χ3n) is 4.40. The minimum Gasteiger partial charge on any atom is -0.383 e. The van der Waals surface area contributed by atoms with Crippen LogP contribution in [-0.4, -0.2) is 41.6 Å². The second kappa shape index (κ2) is 8.14. The van der Waals surface area contributed by atoms with E-state index in [4.69, 9.17) is 4.74 Å². The van der Waals surface area contributed by atoms with Crippen LogP contribution in [0, 0.1) is 6.92 Å². The lowest BCUT2D eigenvalue weighted by atomic mass is 10.1. The van der Waals surface area contributed by atoms with Crippen LogP contribution in [0.3, 0.4) is 0 Å². The summed E-state index contributed by atoms with van der Waals surface area (Å²) in [5.74, 6) is -0.262. The number of methoxy groups -OCH3 is 1.